The lowest BCUT2D eigenvalue weighted by molar-refractivity contribution is 0.597. The first-order valence-electron chi connectivity index (χ1n) is 4.91. The maximum absolute atomic E-state index is 13.5. The fraction of sp³-hybridized carbons (Fsp3) is 0.417. The van der Waals surface area contributed by atoms with Crippen molar-refractivity contribution in [3.63, 3.8) is 0 Å². The average Bonchev–Trinajstić information content (AvgIpc) is 2.20. The predicted octanol–water partition coefficient (Wildman–Crippen LogP) is 3.83. The van der Waals surface area contributed by atoms with Gasteiger partial charge in [-0.25, -0.2) is 4.39 Å². The number of halogens is 1. The zero-order valence-corrected chi connectivity index (χ0v) is 9.94. The summed E-state index contributed by atoms with van der Waals surface area (Å²) in [4.78, 5) is 0.621. The van der Waals surface area contributed by atoms with E-state index in [0.717, 1.165) is 0 Å². The van der Waals surface area contributed by atoms with E-state index in [9.17, 15) is 4.39 Å². The van der Waals surface area contributed by atoms with Crippen LogP contribution in [0.25, 0.3) is 0 Å². The molecule has 0 radical (unpaired) electrons. The molecule has 1 aromatic carbocycles. The molecule has 0 N–H and O–H groups in total. The summed E-state index contributed by atoms with van der Waals surface area (Å²) in [6.45, 7) is 6.30. The molecule has 1 unspecified atom stereocenters. The topological polar surface area (TPSA) is 23.8 Å². The summed E-state index contributed by atoms with van der Waals surface area (Å²) < 4.78 is 13.5. The number of hydrogen-bond acceptors (Lipinski definition) is 2. The third-order valence-electron chi connectivity index (χ3n) is 2.31. The van der Waals surface area contributed by atoms with Crippen LogP contribution in [0.1, 0.15) is 26.3 Å². The van der Waals surface area contributed by atoms with E-state index in [4.69, 9.17) is 5.26 Å². The summed E-state index contributed by atoms with van der Waals surface area (Å²) in [7, 11) is 0. The van der Waals surface area contributed by atoms with Gasteiger partial charge in [0.25, 0.3) is 0 Å². The van der Waals surface area contributed by atoms with E-state index in [1.807, 2.05) is 6.07 Å². The number of thioether (sulfide) groups is 1. The van der Waals surface area contributed by atoms with Crippen LogP contribution in [0.15, 0.2) is 23.1 Å². The number of rotatable bonds is 3. The molecule has 0 aliphatic rings. The van der Waals surface area contributed by atoms with Crippen LogP contribution in [0.5, 0.6) is 0 Å². The first-order chi connectivity index (χ1) is 7.04. The Hall–Kier alpha value is -1.01. The van der Waals surface area contributed by atoms with Gasteiger partial charge in [0.05, 0.1) is 11.6 Å². The summed E-state index contributed by atoms with van der Waals surface area (Å²) in [6, 6.07) is 6.54. The van der Waals surface area contributed by atoms with E-state index in [0.29, 0.717) is 21.6 Å². The van der Waals surface area contributed by atoms with Gasteiger partial charge in [-0.05, 0) is 24.1 Å². The van der Waals surface area contributed by atoms with Crippen molar-refractivity contribution in [2.45, 2.75) is 30.9 Å². The zero-order valence-electron chi connectivity index (χ0n) is 9.12. The van der Waals surface area contributed by atoms with E-state index in [2.05, 4.69) is 20.8 Å². The first-order valence-corrected chi connectivity index (χ1v) is 5.79. The Morgan fingerprint density at radius 1 is 1.33 bits per heavy atom. The van der Waals surface area contributed by atoms with E-state index in [1.54, 1.807) is 12.1 Å². The molecule has 0 amide bonds. The molecule has 0 spiro atoms. The summed E-state index contributed by atoms with van der Waals surface area (Å²) >= 11 is 1.51. The van der Waals surface area contributed by atoms with Crippen molar-refractivity contribution in [2.75, 3.05) is 0 Å². The van der Waals surface area contributed by atoms with Crippen LogP contribution in [-0.2, 0) is 0 Å². The van der Waals surface area contributed by atoms with Crippen molar-refractivity contribution in [3.05, 3.63) is 29.6 Å². The fourth-order valence-corrected chi connectivity index (χ4v) is 1.99. The van der Waals surface area contributed by atoms with Crippen molar-refractivity contribution < 1.29 is 4.39 Å². The minimum Gasteiger partial charge on any atom is -0.206 e. The molecular weight excluding hydrogens is 209 g/mol. The molecule has 0 bridgehead atoms. The highest BCUT2D eigenvalue weighted by molar-refractivity contribution is 8.00. The Morgan fingerprint density at radius 2 is 2.00 bits per heavy atom. The maximum Gasteiger partial charge on any atom is 0.138 e. The van der Waals surface area contributed by atoms with E-state index >= 15 is 0 Å². The van der Waals surface area contributed by atoms with Crippen LogP contribution in [0.2, 0.25) is 0 Å². The number of benzene rings is 1. The Kier molecular flexibility index (Phi) is 4.16. The molecule has 1 nitrogen and oxygen atoms in total. The molecule has 0 saturated carbocycles. The Bertz CT molecular complexity index is 382. The highest BCUT2D eigenvalue weighted by Crippen LogP contribution is 2.30. The average molecular weight is 223 g/mol. The summed E-state index contributed by atoms with van der Waals surface area (Å²) in [5, 5.41) is 8.97. The highest BCUT2D eigenvalue weighted by atomic mass is 32.2. The van der Waals surface area contributed by atoms with Crippen molar-refractivity contribution in [3.8, 4) is 6.07 Å². The largest absolute Gasteiger partial charge is 0.206 e. The van der Waals surface area contributed by atoms with Gasteiger partial charge in [0.2, 0.25) is 0 Å². The minimum atomic E-state index is -0.299. The third-order valence-corrected chi connectivity index (χ3v) is 3.81. The van der Waals surface area contributed by atoms with E-state index in [-0.39, 0.29) is 5.82 Å². The summed E-state index contributed by atoms with van der Waals surface area (Å²) in [5.41, 5.74) is 0.369. The van der Waals surface area contributed by atoms with Crippen molar-refractivity contribution in [1.82, 2.24) is 0 Å². The smallest absolute Gasteiger partial charge is 0.138 e. The Balaban J connectivity index is 2.84. The van der Waals surface area contributed by atoms with Crippen LogP contribution in [0.4, 0.5) is 4.39 Å². The third kappa shape index (κ3) is 3.24. The number of hydrogen-bond donors (Lipinski definition) is 0. The van der Waals surface area contributed by atoms with Gasteiger partial charge in [-0.3, -0.25) is 0 Å². The molecule has 1 aromatic rings. The van der Waals surface area contributed by atoms with Gasteiger partial charge in [-0.15, -0.1) is 11.8 Å². The SMILES string of the molecule is CC(C)C(C)Sc1ccc(C#N)cc1F. The molecule has 0 aromatic heterocycles. The van der Waals surface area contributed by atoms with E-state index < -0.39 is 0 Å². The normalized spacial score (nSPS) is 12.5. The van der Waals surface area contributed by atoms with Gasteiger partial charge in [0, 0.05) is 10.1 Å². The first kappa shape index (κ1) is 12.1. The quantitative estimate of drug-likeness (QED) is 0.727. The van der Waals surface area contributed by atoms with Gasteiger partial charge in [0.15, 0.2) is 0 Å². The minimum absolute atomic E-state index is 0.299. The molecular formula is C12H14FNS. The van der Waals surface area contributed by atoms with Crippen LogP contribution in [0.3, 0.4) is 0 Å². The van der Waals surface area contributed by atoms with E-state index in [1.165, 1.54) is 17.8 Å². The Morgan fingerprint density at radius 3 is 2.47 bits per heavy atom. The molecule has 1 atom stereocenters. The second-order valence-electron chi connectivity index (χ2n) is 3.82. The predicted molar refractivity (Wildman–Crippen MR) is 61.3 cm³/mol. The van der Waals surface area contributed by atoms with Crippen molar-refractivity contribution in [1.29, 1.82) is 5.26 Å². The standard InChI is InChI=1S/C12H14FNS/c1-8(2)9(3)15-12-5-4-10(7-14)6-11(12)13/h4-6,8-9H,1-3H3. The van der Waals surface area contributed by atoms with Crippen LogP contribution in [0, 0.1) is 23.1 Å². The number of nitriles is 1. The van der Waals surface area contributed by atoms with Gasteiger partial charge in [-0.2, -0.15) is 5.26 Å². The van der Waals surface area contributed by atoms with Gasteiger partial charge >= 0.3 is 0 Å². The lowest BCUT2D eigenvalue weighted by atomic mass is 10.2. The van der Waals surface area contributed by atoms with Gasteiger partial charge in [0.1, 0.15) is 5.82 Å². The highest BCUT2D eigenvalue weighted by Gasteiger charge is 2.12. The van der Waals surface area contributed by atoms with Crippen LogP contribution >= 0.6 is 11.8 Å². The monoisotopic (exact) mass is 223 g/mol. The molecule has 0 saturated heterocycles. The number of nitrogens with zero attached hydrogens (tertiary/aromatic N) is 1. The molecule has 0 aliphatic heterocycles. The summed E-state index contributed by atoms with van der Waals surface area (Å²) in [6.07, 6.45) is 0. The van der Waals surface area contributed by atoms with Crippen molar-refractivity contribution >= 4 is 11.8 Å². The van der Waals surface area contributed by atoms with Gasteiger partial charge in [-0.1, -0.05) is 20.8 Å². The molecule has 80 valence electrons. The maximum atomic E-state index is 13.5. The van der Waals surface area contributed by atoms with Gasteiger partial charge < -0.3 is 0 Å². The molecule has 0 aliphatic carbocycles. The second kappa shape index (κ2) is 5.18. The molecule has 0 heterocycles. The zero-order chi connectivity index (χ0) is 11.4. The van der Waals surface area contributed by atoms with Crippen molar-refractivity contribution in [2.24, 2.45) is 5.92 Å². The lowest BCUT2D eigenvalue weighted by Gasteiger charge is -2.15. The molecule has 3 heteroatoms. The lowest BCUT2D eigenvalue weighted by Crippen LogP contribution is -2.05. The molecule has 1 rings (SSSR count). The van der Waals surface area contributed by atoms with Crippen LogP contribution < -0.4 is 0 Å². The second-order valence-corrected chi connectivity index (χ2v) is 5.24. The fourth-order valence-electron chi connectivity index (χ4n) is 1.00. The molecule has 0 fully saturated rings. The van der Waals surface area contributed by atoms with Crippen LogP contribution in [-0.4, -0.2) is 5.25 Å². The molecule has 15 heavy (non-hydrogen) atoms. The Labute approximate surface area is 94.3 Å². The summed E-state index contributed by atoms with van der Waals surface area (Å²) in [5.74, 6) is 0.205.